The SMILES string of the molecule is CN(C)C(=O)CNC(=NCc1ccc(S(N)(=O)=O)cc1)NCCc1cccs1. The van der Waals surface area contributed by atoms with Gasteiger partial charge in [0.1, 0.15) is 0 Å². The summed E-state index contributed by atoms with van der Waals surface area (Å²) < 4.78 is 22.7. The van der Waals surface area contributed by atoms with Crippen molar-refractivity contribution in [3.8, 4) is 0 Å². The van der Waals surface area contributed by atoms with E-state index in [9.17, 15) is 13.2 Å². The molecule has 1 aromatic carbocycles. The Morgan fingerprint density at radius 3 is 2.46 bits per heavy atom. The highest BCUT2D eigenvalue weighted by atomic mass is 32.2. The van der Waals surface area contributed by atoms with Crippen molar-refractivity contribution in [2.24, 2.45) is 10.1 Å². The summed E-state index contributed by atoms with van der Waals surface area (Å²) in [4.78, 5) is 19.1. The van der Waals surface area contributed by atoms with Crippen LogP contribution in [0.1, 0.15) is 10.4 Å². The van der Waals surface area contributed by atoms with Crippen LogP contribution in [0.2, 0.25) is 0 Å². The number of benzene rings is 1. The maximum atomic E-state index is 11.8. The Hall–Kier alpha value is -2.43. The van der Waals surface area contributed by atoms with E-state index < -0.39 is 10.0 Å². The molecule has 1 aromatic heterocycles. The molecule has 8 nitrogen and oxygen atoms in total. The molecule has 2 aromatic rings. The van der Waals surface area contributed by atoms with E-state index >= 15 is 0 Å². The summed E-state index contributed by atoms with van der Waals surface area (Å²) in [5, 5.41) is 13.4. The van der Waals surface area contributed by atoms with Crippen molar-refractivity contribution >= 4 is 33.2 Å². The Labute approximate surface area is 169 Å². The maximum Gasteiger partial charge on any atom is 0.241 e. The van der Waals surface area contributed by atoms with Crippen molar-refractivity contribution in [2.75, 3.05) is 27.2 Å². The molecule has 1 heterocycles. The van der Waals surface area contributed by atoms with E-state index in [0.717, 1.165) is 12.0 Å². The normalized spacial score (nSPS) is 11.9. The average molecular weight is 424 g/mol. The van der Waals surface area contributed by atoms with Crippen LogP contribution in [0, 0.1) is 0 Å². The first-order valence-corrected chi connectivity index (χ1v) is 11.0. The molecular weight excluding hydrogens is 398 g/mol. The molecule has 0 spiro atoms. The topological polar surface area (TPSA) is 117 Å². The third-order valence-electron chi connectivity index (χ3n) is 3.82. The summed E-state index contributed by atoms with van der Waals surface area (Å²) in [7, 11) is -0.327. The zero-order valence-electron chi connectivity index (χ0n) is 15.9. The first-order chi connectivity index (χ1) is 13.3. The van der Waals surface area contributed by atoms with Crippen molar-refractivity contribution in [3.63, 3.8) is 0 Å². The van der Waals surface area contributed by atoms with Crippen molar-refractivity contribution in [3.05, 3.63) is 52.2 Å². The van der Waals surface area contributed by atoms with Gasteiger partial charge in [0.2, 0.25) is 15.9 Å². The fraction of sp³-hybridized carbons (Fsp3) is 0.333. The van der Waals surface area contributed by atoms with E-state index in [-0.39, 0.29) is 17.3 Å². The molecule has 0 saturated carbocycles. The molecule has 10 heteroatoms. The number of likely N-dealkylation sites (N-methyl/N-ethyl adjacent to an activating group) is 1. The van der Waals surface area contributed by atoms with E-state index in [0.29, 0.717) is 19.0 Å². The monoisotopic (exact) mass is 423 g/mol. The number of hydrogen-bond donors (Lipinski definition) is 3. The van der Waals surface area contributed by atoms with E-state index in [1.54, 1.807) is 37.6 Å². The van der Waals surface area contributed by atoms with Gasteiger partial charge in [-0.2, -0.15) is 0 Å². The predicted octanol–water partition coefficient (Wildman–Crippen LogP) is 0.762. The minimum Gasteiger partial charge on any atom is -0.356 e. The van der Waals surface area contributed by atoms with Crippen LogP contribution in [-0.2, 0) is 27.8 Å². The zero-order valence-corrected chi connectivity index (χ0v) is 17.5. The van der Waals surface area contributed by atoms with Crippen LogP contribution in [0.15, 0.2) is 51.7 Å². The minimum absolute atomic E-state index is 0.0595. The van der Waals surface area contributed by atoms with Gasteiger partial charge >= 0.3 is 0 Å². The molecule has 0 fully saturated rings. The molecule has 0 aliphatic heterocycles. The van der Waals surface area contributed by atoms with E-state index in [4.69, 9.17) is 5.14 Å². The van der Waals surface area contributed by atoms with Gasteiger partial charge < -0.3 is 15.5 Å². The third kappa shape index (κ3) is 7.29. The first kappa shape index (κ1) is 21.9. The molecule has 0 atom stereocenters. The average Bonchev–Trinajstić information content (AvgIpc) is 3.16. The van der Waals surface area contributed by atoms with Gasteiger partial charge in [-0.25, -0.2) is 18.5 Å². The number of sulfonamides is 1. The van der Waals surface area contributed by atoms with Gasteiger partial charge in [0, 0.05) is 25.5 Å². The lowest BCUT2D eigenvalue weighted by Gasteiger charge is -2.15. The van der Waals surface area contributed by atoms with Gasteiger partial charge in [0.15, 0.2) is 5.96 Å². The molecule has 0 saturated heterocycles. The summed E-state index contributed by atoms with van der Waals surface area (Å²) in [6.07, 6.45) is 0.850. The number of primary sulfonamides is 1. The van der Waals surface area contributed by atoms with Crippen molar-refractivity contribution < 1.29 is 13.2 Å². The van der Waals surface area contributed by atoms with Gasteiger partial charge in [-0.1, -0.05) is 18.2 Å². The molecule has 0 unspecified atom stereocenters. The minimum atomic E-state index is -3.71. The number of aliphatic imine (C=N–C) groups is 1. The second-order valence-electron chi connectivity index (χ2n) is 6.25. The van der Waals surface area contributed by atoms with Crippen LogP contribution < -0.4 is 15.8 Å². The second-order valence-corrected chi connectivity index (χ2v) is 8.85. The molecule has 4 N–H and O–H groups in total. The van der Waals surface area contributed by atoms with Crippen LogP contribution >= 0.6 is 11.3 Å². The van der Waals surface area contributed by atoms with Crippen molar-refractivity contribution in [1.29, 1.82) is 0 Å². The summed E-state index contributed by atoms with van der Waals surface area (Å²) in [5.41, 5.74) is 0.825. The standard InChI is InChI=1S/C18H25N5O3S2/c1-23(2)17(24)13-22-18(20-10-9-15-4-3-11-27-15)21-12-14-5-7-16(8-6-14)28(19,25)26/h3-8,11H,9-10,12-13H2,1-2H3,(H2,19,25,26)(H2,20,21,22). The summed E-state index contributed by atoms with van der Waals surface area (Å²) in [6.45, 7) is 1.13. The third-order valence-corrected chi connectivity index (χ3v) is 5.69. The first-order valence-electron chi connectivity index (χ1n) is 8.62. The maximum absolute atomic E-state index is 11.8. The molecule has 0 radical (unpaired) electrons. The summed E-state index contributed by atoms with van der Waals surface area (Å²) in [5.74, 6) is 0.451. The molecule has 0 aliphatic carbocycles. The van der Waals surface area contributed by atoms with E-state index in [2.05, 4.69) is 21.7 Å². The number of nitrogens with two attached hydrogens (primary N) is 1. The van der Waals surface area contributed by atoms with Gasteiger partial charge in [-0.05, 0) is 35.6 Å². The fourth-order valence-electron chi connectivity index (χ4n) is 2.21. The van der Waals surface area contributed by atoms with Crippen LogP contribution in [-0.4, -0.2) is 52.4 Å². The van der Waals surface area contributed by atoms with Crippen molar-refractivity contribution in [1.82, 2.24) is 15.5 Å². The predicted molar refractivity (Wildman–Crippen MR) is 112 cm³/mol. The number of amides is 1. The second kappa shape index (κ2) is 10.2. The number of thiophene rings is 1. The zero-order chi connectivity index (χ0) is 20.6. The molecule has 1 amide bonds. The molecule has 28 heavy (non-hydrogen) atoms. The Morgan fingerprint density at radius 1 is 1.18 bits per heavy atom. The number of nitrogens with one attached hydrogen (secondary N) is 2. The lowest BCUT2D eigenvalue weighted by Crippen LogP contribution is -2.43. The smallest absolute Gasteiger partial charge is 0.241 e. The summed E-state index contributed by atoms with van der Waals surface area (Å²) in [6, 6.07) is 10.3. The number of hydrogen-bond acceptors (Lipinski definition) is 5. The fourth-order valence-corrected chi connectivity index (χ4v) is 3.43. The van der Waals surface area contributed by atoms with Crippen LogP contribution in [0.4, 0.5) is 0 Å². The Bertz CT molecular complexity index is 892. The van der Waals surface area contributed by atoms with Gasteiger partial charge in [-0.15, -0.1) is 11.3 Å². The number of guanidine groups is 1. The Balaban J connectivity index is 2.00. The highest BCUT2D eigenvalue weighted by molar-refractivity contribution is 7.89. The van der Waals surface area contributed by atoms with Gasteiger partial charge in [0.05, 0.1) is 18.0 Å². The number of rotatable bonds is 8. The van der Waals surface area contributed by atoms with Crippen LogP contribution in [0.3, 0.4) is 0 Å². The van der Waals surface area contributed by atoms with Gasteiger partial charge in [-0.3, -0.25) is 4.79 Å². The highest BCUT2D eigenvalue weighted by Gasteiger charge is 2.08. The highest BCUT2D eigenvalue weighted by Crippen LogP contribution is 2.10. The van der Waals surface area contributed by atoms with Crippen molar-refractivity contribution in [2.45, 2.75) is 17.9 Å². The quantitative estimate of drug-likeness (QED) is 0.428. The molecular formula is C18H25N5O3S2. The Kier molecular flexibility index (Phi) is 7.97. The van der Waals surface area contributed by atoms with E-state index in [1.807, 2.05) is 11.4 Å². The largest absolute Gasteiger partial charge is 0.356 e. The Morgan fingerprint density at radius 2 is 1.89 bits per heavy atom. The molecule has 0 bridgehead atoms. The molecule has 0 aliphatic rings. The van der Waals surface area contributed by atoms with Crippen LogP contribution in [0.25, 0.3) is 0 Å². The van der Waals surface area contributed by atoms with Crippen LogP contribution in [0.5, 0.6) is 0 Å². The molecule has 152 valence electrons. The summed E-state index contributed by atoms with van der Waals surface area (Å²) >= 11 is 1.69. The molecule has 2 rings (SSSR count). The van der Waals surface area contributed by atoms with E-state index in [1.165, 1.54) is 21.9 Å². The number of carbonyl (C=O) groups excluding carboxylic acids is 1. The lowest BCUT2D eigenvalue weighted by molar-refractivity contribution is -0.127. The van der Waals surface area contributed by atoms with Gasteiger partial charge in [0.25, 0.3) is 0 Å². The number of nitrogens with zero attached hydrogens (tertiary/aromatic N) is 2. The number of carbonyl (C=O) groups is 1. The lowest BCUT2D eigenvalue weighted by atomic mass is 10.2.